The lowest BCUT2D eigenvalue weighted by Crippen LogP contribution is -2.45. The van der Waals surface area contributed by atoms with Crippen LogP contribution >= 0.6 is 12.4 Å². The fourth-order valence-electron chi connectivity index (χ4n) is 3.00. The van der Waals surface area contributed by atoms with E-state index < -0.39 is 0 Å². The van der Waals surface area contributed by atoms with Gasteiger partial charge in [0.1, 0.15) is 0 Å². The number of carbonyl (C=O) groups excluding carboxylic acids is 1. The Kier molecular flexibility index (Phi) is 6.39. The number of hydrogen-bond acceptors (Lipinski definition) is 3. The van der Waals surface area contributed by atoms with Crippen LogP contribution in [0.4, 0.5) is 0 Å². The van der Waals surface area contributed by atoms with Gasteiger partial charge in [-0.2, -0.15) is 0 Å². The van der Waals surface area contributed by atoms with Gasteiger partial charge in [0.15, 0.2) is 0 Å². The molecule has 2 N–H and O–H groups in total. The van der Waals surface area contributed by atoms with Crippen LogP contribution in [-0.2, 0) is 9.53 Å². The van der Waals surface area contributed by atoms with Crippen LogP contribution in [0, 0.1) is 5.41 Å². The summed E-state index contributed by atoms with van der Waals surface area (Å²) >= 11 is 0. The number of rotatable bonds is 3. The van der Waals surface area contributed by atoms with Crippen molar-refractivity contribution in [3.63, 3.8) is 0 Å². The van der Waals surface area contributed by atoms with Gasteiger partial charge >= 0.3 is 0 Å². The highest BCUT2D eigenvalue weighted by Gasteiger charge is 2.34. The van der Waals surface area contributed by atoms with Crippen LogP contribution in [0.5, 0.6) is 0 Å². The number of amides is 1. The molecule has 0 aromatic rings. The molecule has 0 radical (unpaired) electrons. The van der Waals surface area contributed by atoms with E-state index in [0.29, 0.717) is 26.2 Å². The quantitative estimate of drug-likeness (QED) is 0.851. The Morgan fingerprint density at radius 2 is 1.78 bits per heavy atom. The summed E-state index contributed by atoms with van der Waals surface area (Å²) in [5.41, 5.74) is 6.01. The van der Waals surface area contributed by atoms with Gasteiger partial charge in [-0.05, 0) is 24.8 Å². The zero-order chi connectivity index (χ0) is 12.1. The van der Waals surface area contributed by atoms with Gasteiger partial charge in [-0.25, -0.2) is 0 Å². The second-order valence-electron chi connectivity index (χ2n) is 5.43. The second kappa shape index (κ2) is 7.31. The number of nitrogens with two attached hydrogens (primary N) is 1. The fourth-order valence-corrected chi connectivity index (χ4v) is 3.00. The number of morpholine rings is 1. The number of halogens is 1. The minimum Gasteiger partial charge on any atom is -0.378 e. The smallest absolute Gasteiger partial charge is 0.223 e. The first-order valence-electron chi connectivity index (χ1n) is 6.81. The molecule has 0 aromatic carbocycles. The molecule has 1 aliphatic heterocycles. The van der Waals surface area contributed by atoms with Crippen molar-refractivity contribution in [2.24, 2.45) is 11.1 Å². The van der Waals surface area contributed by atoms with Crippen LogP contribution in [0.15, 0.2) is 0 Å². The van der Waals surface area contributed by atoms with E-state index >= 15 is 0 Å². The summed E-state index contributed by atoms with van der Waals surface area (Å²) in [6.45, 7) is 3.52. The molecule has 2 rings (SSSR count). The SMILES string of the molecule is Cl.NCC1(CC(=O)N2CCOCC2)CCCCC1. The molecule has 1 heterocycles. The summed E-state index contributed by atoms with van der Waals surface area (Å²) in [5, 5.41) is 0. The maximum absolute atomic E-state index is 12.2. The van der Waals surface area contributed by atoms with Crippen LogP contribution in [0.3, 0.4) is 0 Å². The van der Waals surface area contributed by atoms with Crippen molar-refractivity contribution in [1.82, 2.24) is 4.90 Å². The second-order valence-corrected chi connectivity index (χ2v) is 5.43. The summed E-state index contributed by atoms with van der Waals surface area (Å²) in [4.78, 5) is 14.2. The fraction of sp³-hybridized carbons (Fsp3) is 0.923. The van der Waals surface area contributed by atoms with Gasteiger partial charge in [-0.15, -0.1) is 12.4 Å². The Morgan fingerprint density at radius 3 is 2.33 bits per heavy atom. The van der Waals surface area contributed by atoms with E-state index in [1.54, 1.807) is 0 Å². The molecular formula is C13H25ClN2O2. The molecule has 0 atom stereocenters. The molecule has 1 amide bonds. The van der Waals surface area contributed by atoms with Crippen LogP contribution in [0.1, 0.15) is 38.5 Å². The van der Waals surface area contributed by atoms with E-state index in [-0.39, 0.29) is 23.7 Å². The van der Waals surface area contributed by atoms with Crippen molar-refractivity contribution in [2.45, 2.75) is 38.5 Å². The van der Waals surface area contributed by atoms with E-state index in [1.165, 1.54) is 19.3 Å². The van der Waals surface area contributed by atoms with Crippen molar-refractivity contribution in [1.29, 1.82) is 0 Å². The number of ether oxygens (including phenoxy) is 1. The van der Waals surface area contributed by atoms with Gasteiger partial charge in [0.2, 0.25) is 5.91 Å². The molecule has 1 saturated heterocycles. The van der Waals surface area contributed by atoms with Crippen LogP contribution in [0.25, 0.3) is 0 Å². The maximum atomic E-state index is 12.2. The minimum atomic E-state index is 0. The predicted molar refractivity (Wildman–Crippen MR) is 73.8 cm³/mol. The van der Waals surface area contributed by atoms with Crippen LogP contribution in [0.2, 0.25) is 0 Å². The Balaban J connectivity index is 0.00000162. The Morgan fingerprint density at radius 1 is 1.17 bits per heavy atom. The van der Waals surface area contributed by atoms with E-state index in [2.05, 4.69) is 0 Å². The van der Waals surface area contributed by atoms with Gasteiger partial charge in [-0.3, -0.25) is 4.79 Å². The number of hydrogen-bond donors (Lipinski definition) is 1. The van der Waals surface area contributed by atoms with Crippen molar-refractivity contribution in [3.05, 3.63) is 0 Å². The number of nitrogens with zero attached hydrogens (tertiary/aromatic N) is 1. The summed E-state index contributed by atoms with van der Waals surface area (Å²) < 4.78 is 5.27. The molecule has 5 heteroatoms. The highest BCUT2D eigenvalue weighted by atomic mass is 35.5. The summed E-state index contributed by atoms with van der Waals surface area (Å²) in [7, 11) is 0. The molecule has 4 nitrogen and oxygen atoms in total. The molecule has 1 aliphatic carbocycles. The highest BCUT2D eigenvalue weighted by molar-refractivity contribution is 5.85. The van der Waals surface area contributed by atoms with E-state index in [4.69, 9.17) is 10.5 Å². The average molecular weight is 277 g/mol. The van der Waals surface area contributed by atoms with Gasteiger partial charge in [0.25, 0.3) is 0 Å². The first kappa shape index (κ1) is 15.7. The van der Waals surface area contributed by atoms with E-state index in [1.807, 2.05) is 4.90 Å². The Labute approximate surface area is 116 Å². The average Bonchev–Trinajstić information content (AvgIpc) is 2.41. The van der Waals surface area contributed by atoms with Crippen molar-refractivity contribution < 1.29 is 9.53 Å². The molecule has 0 aromatic heterocycles. The Hall–Kier alpha value is -0.320. The molecule has 1 saturated carbocycles. The molecule has 18 heavy (non-hydrogen) atoms. The lowest BCUT2D eigenvalue weighted by molar-refractivity contribution is -0.138. The summed E-state index contributed by atoms with van der Waals surface area (Å²) in [6, 6.07) is 0. The molecule has 0 spiro atoms. The van der Waals surface area contributed by atoms with Crippen molar-refractivity contribution in [3.8, 4) is 0 Å². The van der Waals surface area contributed by atoms with E-state index in [9.17, 15) is 4.79 Å². The molecule has 2 aliphatic rings. The third kappa shape index (κ3) is 3.84. The van der Waals surface area contributed by atoms with Crippen LogP contribution < -0.4 is 5.73 Å². The maximum Gasteiger partial charge on any atom is 0.223 e. The normalized spacial score (nSPS) is 23.3. The monoisotopic (exact) mass is 276 g/mol. The van der Waals surface area contributed by atoms with Gasteiger partial charge in [0.05, 0.1) is 13.2 Å². The summed E-state index contributed by atoms with van der Waals surface area (Å²) in [6.07, 6.45) is 6.65. The standard InChI is InChI=1S/C13H24N2O2.ClH/c14-11-13(4-2-1-3-5-13)10-12(16)15-6-8-17-9-7-15;/h1-11,14H2;1H. The molecular weight excluding hydrogens is 252 g/mol. The minimum absolute atomic E-state index is 0. The molecule has 0 bridgehead atoms. The van der Waals surface area contributed by atoms with E-state index in [0.717, 1.165) is 25.9 Å². The van der Waals surface area contributed by atoms with Gasteiger partial charge < -0.3 is 15.4 Å². The topological polar surface area (TPSA) is 55.6 Å². The van der Waals surface area contributed by atoms with Crippen LogP contribution in [-0.4, -0.2) is 43.7 Å². The highest BCUT2D eigenvalue weighted by Crippen LogP contribution is 2.38. The largest absolute Gasteiger partial charge is 0.378 e. The zero-order valence-corrected chi connectivity index (χ0v) is 11.8. The Bertz CT molecular complexity index is 262. The predicted octanol–water partition coefficient (Wildman–Crippen LogP) is 1.57. The summed E-state index contributed by atoms with van der Waals surface area (Å²) in [5.74, 6) is 0.278. The molecule has 0 unspecified atom stereocenters. The lowest BCUT2D eigenvalue weighted by Gasteiger charge is -2.38. The van der Waals surface area contributed by atoms with Gasteiger partial charge in [-0.1, -0.05) is 19.3 Å². The zero-order valence-electron chi connectivity index (χ0n) is 11.0. The first-order valence-corrected chi connectivity index (χ1v) is 6.81. The first-order chi connectivity index (χ1) is 8.26. The van der Waals surface area contributed by atoms with Gasteiger partial charge in [0, 0.05) is 19.5 Å². The lowest BCUT2D eigenvalue weighted by atomic mass is 9.71. The van der Waals surface area contributed by atoms with Crippen molar-refractivity contribution in [2.75, 3.05) is 32.8 Å². The van der Waals surface area contributed by atoms with Crippen molar-refractivity contribution >= 4 is 18.3 Å². The third-order valence-electron chi connectivity index (χ3n) is 4.24. The third-order valence-corrected chi connectivity index (χ3v) is 4.24. The molecule has 106 valence electrons. The number of carbonyl (C=O) groups is 1. The molecule has 2 fully saturated rings.